The molecule has 4 nitrogen and oxygen atoms in total. The summed E-state index contributed by atoms with van der Waals surface area (Å²) in [6, 6.07) is -1.40. The van der Waals surface area contributed by atoms with Gasteiger partial charge in [0, 0.05) is 5.75 Å². The second kappa shape index (κ2) is 5.38. The van der Waals surface area contributed by atoms with Crippen molar-refractivity contribution in [2.24, 2.45) is 5.92 Å². The first kappa shape index (κ1) is 15.1. The molecular weight excluding hydrogens is 271 g/mol. The van der Waals surface area contributed by atoms with Gasteiger partial charge in [0.05, 0.1) is 5.37 Å². The predicted octanol–water partition coefficient (Wildman–Crippen LogP) is 1.95. The lowest BCUT2D eigenvalue weighted by Crippen LogP contribution is -2.52. The van der Waals surface area contributed by atoms with Crippen LogP contribution in [0.5, 0.6) is 0 Å². The van der Waals surface area contributed by atoms with E-state index in [1.165, 1.54) is 0 Å². The molecule has 1 saturated heterocycles. The maximum absolute atomic E-state index is 12.5. The minimum atomic E-state index is -5.04. The molecule has 104 valence electrons. The van der Waals surface area contributed by atoms with Gasteiger partial charge < -0.3 is 10.0 Å². The SMILES string of the molecule is CCC(C)C1SCC(C(=O)O)N1C(=O)C(F)(F)F. The van der Waals surface area contributed by atoms with E-state index >= 15 is 0 Å². The Kier molecular flexibility index (Phi) is 4.52. The van der Waals surface area contributed by atoms with Crippen LogP contribution in [0.15, 0.2) is 0 Å². The van der Waals surface area contributed by atoms with Crippen molar-refractivity contribution in [1.29, 1.82) is 0 Å². The Labute approximate surface area is 107 Å². The van der Waals surface area contributed by atoms with E-state index in [1.807, 2.05) is 0 Å². The Bertz CT molecular complexity index is 348. The van der Waals surface area contributed by atoms with Crippen LogP contribution in [0.1, 0.15) is 20.3 Å². The third-order valence-electron chi connectivity index (χ3n) is 2.93. The molecule has 0 bridgehead atoms. The molecular formula is C10H14F3NO3S. The van der Waals surface area contributed by atoms with Crippen LogP contribution in [0.4, 0.5) is 13.2 Å². The van der Waals surface area contributed by atoms with Crippen LogP contribution in [0, 0.1) is 5.92 Å². The van der Waals surface area contributed by atoms with Crippen LogP contribution in [0.2, 0.25) is 0 Å². The lowest BCUT2D eigenvalue weighted by Gasteiger charge is -2.31. The fourth-order valence-corrected chi connectivity index (χ4v) is 3.37. The molecule has 1 aliphatic heterocycles. The summed E-state index contributed by atoms with van der Waals surface area (Å²) < 4.78 is 37.5. The van der Waals surface area contributed by atoms with Gasteiger partial charge in [0.25, 0.3) is 0 Å². The van der Waals surface area contributed by atoms with E-state index < -0.39 is 29.5 Å². The molecule has 3 atom stereocenters. The third kappa shape index (κ3) is 2.90. The molecule has 0 aromatic carbocycles. The molecule has 0 aromatic heterocycles. The number of carboxylic acids is 1. The van der Waals surface area contributed by atoms with Gasteiger partial charge in [-0.1, -0.05) is 20.3 Å². The summed E-state index contributed by atoms with van der Waals surface area (Å²) in [5.74, 6) is -3.66. The van der Waals surface area contributed by atoms with Crippen LogP contribution in [-0.4, -0.2) is 45.2 Å². The zero-order valence-corrected chi connectivity index (χ0v) is 10.7. The number of alkyl halides is 3. The minimum absolute atomic E-state index is 0.00778. The summed E-state index contributed by atoms with van der Waals surface area (Å²) >= 11 is 1.09. The monoisotopic (exact) mass is 285 g/mol. The Morgan fingerprint density at radius 1 is 1.50 bits per heavy atom. The van der Waals surface area contributed by atoms with Gasteiger partial charge in [0.2, 0.25) is 0 Å². The van der Waals surface area contributed by atoms with E-state index in [4.69, 9.17) is 5.11 Å². The Hall–Kier alpha value is -0.920. The summed E-state index contributed by atoms with van der Waals surface area (Å²) in [6.45, 7) is 3.49. The molecule has 1 rings (SSSR count). The summed E-state index contributed by atoms with van der Waals surface area (Å²) in [6.07, 6.45) is -4.46. The van der Waals surface area contributed by atoms with Crippen molar-refractivity contribution < 1.29 is 27.9 Å². The number of halogens is 3. The molecule has 1 amide bonds. The largest absolute Gasteiger partial charge is 0.480 e. The lowest BCUT2D eigenvalue weighted by molar-refractivity contribution is -0.190. The number of thioether (sulfide) groups is 1. The average Bonchev–Trinajstić information content (AvgIpc) is 2.69. The first-order valence-corrected chi connectivity index (χ1v) is 6.48. The summed E-state index contributed by atoms with van der Waals surface area (Å²) in [7, 11) is 0. The van der Waals surface area contributed by atoms with E-state index in [0.29, 0.717) is 11.3 Å². The van der Waals surface area contributed by atoms with Crippen molar-refractivity contribution in [1.82, 2.24) is 4.90 Å². The Morgan fingerprint density at radius 2 is 2.06 bits per heavy atom. The van der Waals surface area contributed by atoms with Crippen LogP contribution in [0.3, 0.4) is 0 Å². The molecule has 1 heterocycles. The molecule has 0 aromatic rings. The number of nitrogens with zero attached hydrogens (tertiary/aromatic N) is 1. The second-order valence-electron chi connectivity index (χ2n) is 4.17. The quantitative estimate of drug-likeness (QED) is 0.861. The van der Waals surface area contributed by atoms with Crippen molar-refractivity contribution >= 4 is 23.6 Å². The van der Waals surface area contributed by atoms with Gasteiger partial charge in [-0.25, -0.2) is 4.79 Å². The number of carboxylic acid groups (broad SMARTS) is 1. The molecule has 3 unspecified atom stereocenters. The first-order valence-electron chi connectivity index (χ1n) is 5.44. The van der Waals surface area contributed by atoms with Gasteiger partial charge in [0.1, 0.15) is 6.04 Å². The van der Waals surface area contributed by atoms with Gasteiger partial charge in [-0.05, 0) is 5.92 Å². The molecule has 1 N–H and O–H groups in total. The minimum Gasteiger partial charge on any atom is -0.480 e. The number of aliphatic carboxylic acids is 1. The first-order chi connectivity index (χ1) is 8.20. The van der Waals surface area contributed by atoms with Crippen LogP contribution < -0.4 is 0 Å². The third-order valence-corrected chi connectivity index (χ3v) is 4.47. The highest BCUT2D eigenvalue weighted by molar-refractivity contribution is 8.00. The van der Waals surface area contributed by atoms with Crippen molar-refractivity contribution in [2.75, 3.05) is 5.75 Å². The van der Waals surface area contributed by atoms with Crippen molar-refractivity contribution in [3.05, 3.63) is 0 Å². The average molecular weight is 285 g/mol. The fraction of sp³-hybridized carbons (Fsp3) is 0.800. The maximum Gasteiger partial charge on any atom is 0.471 e. The number of carbonyl (C=O) groups is 2. The number of carbonyl (C=O) groups excluding carboxylic acids is 1. The molecule has 0 radical (unpaired) electrons. The van der Waals surface area contributed by atoms with Gasteiger partial charge in [0.15, 0.2) is 0 Å². The van der Waals surface area contributed by atoms with E-state index in [2.05, 4.69) is 0 Å². The molecule has 1 fully saturated rings. The molecule has 0 saturated carbocycles. The number of hydrogen-bond acceptors (Lipinski definition) is 3. The predicted molar refractivity (Wildman–Crippen MR) is 60.0 cm³/mol. The lowest BCUT2D eigenvalue weighted by atomic mass is 10.1. The number of rotatable bonds is 3. The van der Waals surface area contributed by atoms with Gasteiger partial charge in [-0.2, -0.15) is 13.2 Å². The van der Waals surface area contributed by atoms with Crippen molar-refractivity contribution in [3.8, 4) is 0 Å². The molecule has 18 heavy (non-hydrogen) atoms. The fourth-order valence-electron chi connectivity index (χ4n) is 1.76. The highest BCUT2D eigenvalue weighted by Gasteiger charge is 2.52. The van der Waals surface area contributed by atoms with E-state index in [1.54, 1.807) is 13.8 Å². The number of amides is 1. The molecule has 1 aliphatic rings. The van der Waals surface area contributed by atoms with E-state index in [-0.39, 0.29) is 11.7 Å². The van der Waals surface area contributed by atoms with E-state index in [0.717, 1.165) is 11.8 Å². The van der Waals surface area contributed by atoms with Gasteiger partial charge in [-0.15, -0.1) is 11.8 Å². The Balaban J connectivity index is 3.03. The van der Waals surface area contributed by atoms with Crippen molar-refractivity contribution in [2.45, 2.75) is 37.9 Å². The van der Waals surface area contributed by atoms with Gasteiger partial charge in [-0.3, -0.25) is 4.79 Å². The van der Waals surface area contributed by atoms with Crippen LogP contribution in [0.25, 0.3) is 0 Å². The van der Waals surface area contributed by atoms with Crippen LogP contribution in [-0.2, 0) is 9.59 Å². The van der Waals surface area contributed by atoms with Gasteiger partial charge >= 0.3 is 18.1 Å². The zero-order valence-electron chi connectivity index (χ0n) is 9.90. The smallest absolute Gasteiger partial charge is 0.471 e. The van der Waals surface area contributed by atoms with E-state index in [9.17, 15) is 22.8 Å². The molecule has 0 spiro atoms. The molecule has 8 heteroatoms. The molecule has 0 aliphatic carbocycles. The summed E-state index contributed by atoms with van der Waals surface area (Å²) in [5.41, 5.74) is 0. The Morgan fingerprint density at radius 3 is 2.44 bits per heavy atom. The maximum atomic E-state index is 12.5. The zero-order chi connectivity index (χ0) is 14.1. The topological polar surface area (TPSA) is 57.6 Å². The highest BCUT2D eigenvalue weighted by atomic mass is 32.2. The second-order valence-corrected chi connectivity index (χ2v) is 5.32. The number of hydrogen-bond donors (Lipinski definition) is 1. The highest BCUT2D eigenvalue weighted by Crippen LogP contribution is 2.38. The summed E-state index contributed by atoms with van der Waals surface area (Å²) in [4.78, 5) is 22.7. The summed E-state index contributed by atoms with van der Waals surface area (Å²) in [5, 5.41) is 8.16. The normalized spacial score (nSPS) is 26.2. The van der Waals surface area contributed by atoms with Crippen LogP contribution >= 0.6 is 11.8 Å². The van der Waals surface area contributed by atoms with Crippen molar-refractivity contribution in [3.63, 3.8) is 0 Å². The standard InChI is InChI=1S/C10H14F3NO3S/c1-3-5(2)7-14(9(17)10(11,12)13)6(4-18-7)8(15)16/h5-7H,3-4H2,1-2H3,(H,15,16).